The van der Waals surface area contributed by atoms with Gasteiger partial charge in [0.15, 0.2) is 0 Å². The summed E-state index contributed by atoms with van der Waals surface area (Å²) in [6.07, 6.45) is 2.45. The molecule has 1 aliphatic rings. The van der Waals surface area contributed by atoms with Gasteiger partial charge in [-0.25, -0.2) is 0 Å². The summed E-state index contributed by atoms with van der Waals surface area (Å²) in [6, 6.07) is 1.24. The van der Waals surface area contributed by atoms with Crippen LogP contribution in [0.4, 0.5) is 0 Å². The molecule has 25 heavy (non-hydrogen) atoms. The van der Waals surface area contributed by atoms with Gasteiger partial charge in [0, 0.05) is 30.6 Å². The number of likely N-dealkylation sites (tertiary alicyclic amines) is 1. The zero-order valence-corrected chi connectivity index (χ0v) is 16.9. The molecule has 0 saturated carbocycles. The molecule has 6 nitrogen and oxygen atoms in total. The fourth-order valence-corrected chi connectivity index (χ4v) is 2.81. The SMILES string of the molecule is CC(C)NC1CCN(CCOCCOCCNC(=O)C(C)(C)C)CC1. The van der Waals surface area contributed by atoms with Crippen molar-refractivity contribution in [1.82, 2.24) is 15.5 Å². The van der Waals surface area contributed by atoms with E-state index in [-0.39, 0.29) is 11.3 Å². The highest BCUT2D eigenvalue weighted by Gasteiger charge is 2.20. The number of carbonyl (C=O) groups is 1. The van der Waals surface area contributed by atoms with Crippen molar-refractivity contribution in [1.29, 1.82) is 0 Å². The van der Waals surface area contributed by atoms with Crippen molar-refractivity contribution in [3.05, 3.63) is 0 Å². The molecule has 1 aliphatic heterocycles. The van der Waals surface area contributed by atoms with Gasteiger partial charge < -0.3 is 25.0 Å². The van der Waals surface area contributed by atoms with Gasteiger partial charge in [0.2, 0.25) is 5.91 Å². The fourth-order valence-electron chi connectivity index (χ4n) is 2.81. The fraction of sp³-hybridized carbons (Fsp3) is 0.947. The van der Waals surface area contributed by atoms with E-state index in [1.54, 1.807) is 0 Å². The maximum atomic E-state index is 11.7. The zero-order valence-electron chi connectivity index (χ0n) is 16.9. The normalized spacial score (nSPS) is 17.2. The molecule has 0 aromatic carbocycles. The molecule has 0 aromatic heterocycles. The summed E-state index contributed by atoms with van der Waals surface area (Å²) < 4.78 is 11.1. The molecule has 0 bridgehead atoms. The summed E-state index contributed by atoms with van der Waals surface area (Å²) in [5.74, 6) is 0.0553. The number of hydrogen-bond acceptors (Lipinski definition) is 5. The Morgan fingerprint density at radius 2 is 1.68 bits per heavy atom. The number of nitrogens with one attached hydrogen (secondary N) is 2. The largest absolute Gasteiger partial charge is 0.378 e. The molecule has 148 valence electrons. The summed E-state index contributed by atoms with van der Waals surface area (Å²) in [6.45, 7) is 16.4. The van der Waals surface area contributed by atoms with Gasteiger partial charge in [0.25, 0.3) is 0 Å². The molecule has 1 fully saturated rings. The van der Waals surface area contributed by atoms with Crippen molar-refractivity contribution in [3.63, 3.8) is 0 Å². The summed E-state index contributed by atoms with van der Waals surface area (Å²) >= 11 is 0. The highest BCUT2D eigenvalue weighted by Crippen LogP contribution is 2.12. The van der Waals surface area contributed by atoms with Crippen molar-refractivity contribution in [2.75, 3.05) is 52.6 Å². The van der Waals surface area contributed by atoms with E-state index < -0.39 is 0 Å². The molecule has 0 atom stereocenters. The molecule has 2 N–H and O–H groups in total. The Labute approximate surface area is 154 Å². The van der Waals surface area contributed by atoms with Crippen molar-refractivity contribution in [2.45, 2.75) is 59.5 Å². The number of carbonyl (C=O) groups excluding carboxylic acids is 1. The quantitative estimate of drug-likeness (QED) is 0.551. The van der Waals surface area contributed by atoms with Gasteiger partial charge in [0.05, 0.1) is 26.4 Å². The molecule has 0 radical (unpaired) electrons. The number of piperidine rings is 1. The van der Waals surface area contributed by atoms with E-state index in [2.05, 4.69) is 29.4 Å². The number of hydrogen-bond donors (Lipinski definition) is 2. The van der Waals surface area contributed by atoms with Crippen molar-refractivity contribution < 1.29 is 14.3 Å². The molecule has 0 unspecified atom stereocenters. The maximum Gasteiger partial charge on any atom is 0.225 e. The second-order valence-electron chi connectivity index (χ2n) is 8.17. The average Bonchev–Trinajstić information content (AvgIpc) is 2.53. The van der Waals surface area contributed by atoms with Gasteiger partial charge in [-0.05, 0) is 25.9 Å². The van der Waals surface area contributed by atoms with Crippen molar-refractivity contribution >= 4 is 5.91 Å². The second-order valence-corrected chi connectivity index (χ2v) is 8.17. The van der Waals surface area contributed by atoms with Crippen LogP contribution < -0.4 is 10.6 Å². The van der Waals surface area contributed by atoms with E-state index >= 15 is 0 Å². The monoisotopic (exact) mass is 357 g/mol. The summed E-state index contributed by atoms with van der Waals surface area (Å²) in [7, 11) is 0. The van der Waals surface area contributed by atoms with E-state index in [0.29, 0.717) is 38.4 Å². The first kappa shape index (κ1) is 22.4. The number of ether oxygens (including phenoxy) is 2. The van der Waals surface area contributed by atoms with Gasteiger partial charge in [-0.15, -0.1) is 0 Å². The molecule has 6 heteroatoms. The Balaban J connectivity index is 1.89. The standard InChI is InChI=1S/C19H39N3O3/c1-16(2)21-17-6-9-22(10-7-17)11-13-25-15-14-24-12-8-20-18(23)19(3,4)5/h16-17,21H,6-15H2,1-5H3,(H,20,23). The van der Waals surface area contributed by atoms with Gasteiger partial charge in [-0.3, -0.25) is 4.79 Å². The average molecular weight is 358 g/mol. The highest BCUT2D eigenvalue weighted by molar-refractivity contribution is 5.81. The second kappa shape index (κ2) is 11.8. The predicted molar refractivity (Wildman–Crippen MR) is 102 cm³/mol. The van der Waals surface area contributed by atoms with Crippen LogP contribution in [0.2, 0.25) is 0 Å². The van der Waals surface area contributed by atoms with Gasteiger partial charge in [0.1, 0.15) is 0 Å². The molecule has 1 heterocycles. The van der Waals surface area contributed by atoms with Crippen molar-refractivity contribution in [2.24, 2.45) is 5.41 Å². The molecule has 0 aliphatic carbocycles. The Morgan fingerprint density at radius 1 is 1.08 bits per heavy atom. The van der Waals surface area contributed by atoms with Gasteiger partial charge >= 0.3 is 0 Å². The Hall–Kier alpha value is -0.690. The maximum absolute atomic E-state index is 11.7. The van der Waals surface area contributed by atoms with E-state index in [1.807, 2.05) is 20.8 Å². The number of rotatable bonds is 11. The van der Waals surface area contributed by atoms with Crippen LogP contribution in [0, 0.1) is 5.41 Å². The van der Waals surface area contributed by atoms with Crippen LogP contribution in [0.5, 0.6) is 0 Å². The van der Waals surface area contributed by atoms with Gasteiger partial charge in [-0.2, -0.15) is 0 Å². The molecule has 1 rings (SSSR count). The van der Waals surface area contributed by atoms with E-state index in [9.17, 15) is 4.79 Å². The number of amides is 1. The van der Waals surface area contributed by atoms with E-state index in [0.717, 1.165) is 26.2 Å². The minimum Gasteiger partial charge on any atom is -0.378 e. The molecular formula is C19H39N3O3. The highest BCUT2D eigenvalue weighted by atomic mass is 16.5. The van der Waals surface area contributed by atoms with Crippen LogP contribution in [0.25, 0.3) is 0 Å². The van der Waals surface area contributed by atoms with E-state index in [4.69, 9.17) is 9.47 Å². The first-order valence-electron chi connectivity index (χ1n) is 9.71. The van der Waals surface area contributed by atoms with Crippen molar-refractivity contribution in [3.8, 4) is 0 Å². The minimum atomic E-state index is -0.345. The molecule has 0 spiro atoms. The molecule has 1 amide bonds. The third-order valence-corrected chi connectivity index (χ3v) is 4.29. The van der Waals surface area contributed by atoms with Crippen LogP contribution in [0.15, 0.2) is 0 Å². The Morgan fingerprint density at radius 3 is 2.24 bits per heavy atom. The van der Waals surface area contributed by atoms with Gasteiger partial charge in [-0.1, -0.05) is 34.6 Å². The molecular weight excluding hydrogens is 318 g/mol. The lowest BCUT2D eigenvalue weighted by molar-refractivity contribution is -0.128. The van der Waals surface area contributed by atoms with Crippen LogP contribution in [0.3, 0.4) is 0 Å². The molecule has 0 aromatic rings. The zero-order chi connectivity index (χ0) is 18.7. The Kier molecular flexibility index (Phi) is 10.6. The lowest BCUT2D eigenvalue weighted by Crippen LogP contribution is -2.45. The first-order chi connectivity index (χ1) is 11.8. The van der Waals surface area contributed by atoms with Crippen LogP contribution in [0.1, 0.15) is 47.5 Å². The van der Waals surface area contributed by atoms with Crippen LogP contribution >= 0.6 is 0 Å². The lowest BCUT2D eigenvalue weighted by atomic mass is 9.96. The summed E-state index contributed by atoms with van der Waals surface area (Å²) in [5.41, 5.74) is -0.345. The first-order valence-corrected chi connectivity index (χ1v) is 9.71. The van der Waals surface area contributed by atoms with Crippen LogP contribution in [-0.4, -0.2) is 75.5 Å². The third kappa shape index (κ3) is 10.8. The smallest absolute Gasteiger partial charge is 0.225 e. The third-order valence-electron chi connectivity index (χ3n) is 4.29. The topological polar surface area (TPSA) is 62.8 Å². The Bertz CT molecular complexity index is 361. The summed E-state index contributed by atoms with van der Waals surface area (Å²) in [4.78, 5) is 14.1. The van der Waals surface area contributed by atoms with E-state index in [1.165, 1.54) is 12.8 Å². The number of nitrogens with zero attached hydrogens (tertiary/aromatic N) is 1. The lowest BCUT2D eigenvalue weighted by Gasteiger charge is -2.33. The minimum absolute atomic E-state index is 0.0553. The summed E-state index contributed by atoms with van der Waals surface area (Å²) in [5, 5.41) is 6.48. The molecule has 1 saturated heterocycles. The van der Waals surface area contributed by atoms with Crippen LogP contribution in [-0.2, 0) is 14.3 Å². The predicted octanol–water partition coefficient (Wildman–Crippen LogP) is 1.64.